The van der Waals surface area contributed by atoms with Crippen LogP contribution < -0.4 is 5.32 Å². The van der Waals surface area contributed by atoms with Crippen molar-refractivity contribution in [1.82, 2.24) is 10.2 Å². The van der Waals surface area contributed by atoms with Gasteiger partial charge in [0.15, 0.2) is 0 Å². The number of benzene rings is 1. The summed E-state index contributed by atoms with van der Waals surface area (Å²) in [4.78, 5) is 13.6. The summed E-state index contributed by atoms with van der Waals surface area (Å²) in [5.74, 6) is 0. The van der Waals surface area contributed by atoms with E-state index >= 15 is 0 Å². The molecule has 0 spiro atoms. The number of amides is 1. The van der Waals surface area contributed by atoms with Crippen LogP contribution in [0.5, 0.6) is 0 Å². The van der Waals surface area contributed by atoms with Crippen LogP contribution in [0, 0.1) is 0 Å². The van der Waals surface area contributed by atoms with E-state index in [4.69, 9.17) is 9.47 Å². The molecule has 0 aliphatic carbocycles. The molecule has 1 fully saturated rings. The fourth-order valence-electron chi connectivity index (χ4n) is 2.89. The molecule has 0 aromatic heterocycles. The molecule has 0 bridgehead atoms. The van der Waals surface area contributed by atoms with Crippen LogP contribution in [0.3, 0.4) is 0 Å². The Bertz CT molecular complexity index is 466. The highest BCUT2D eigenvalue weighted by molar-refractivity contribution is 5.67. The van der Waals surface area contributed by atoms with Crippen molar-refractivity contribution in [1.29, 1.82) is 0 Å². The number of rotatable bonds is 5. The number of methoxy groups -OCH3 is 1. The quantitative estimate of drug-likeness (QED) is 0.908. The molecule has 0 radical (unpaired) electrons. The van der Waals surface area contributed by atoms with E-state index in [1.165, 1.54) is 5.56 Å². The Morgan fingerprint density at radius 2 is 2.14 bits per heavy atom. The van der Waals surface area contributed by atoms with Gasteiger partial charge in [0.25, 0.3) is 0 Å². The molecule has 1 aliphatic rings. The normalized spacial score (nSPS) is 23.1. The summed E-state index contributed by atoms with van der Waals surface area (Å²) in [7, 11) is 1.70. The molecule has 1 N–H and O–H groups in total. The highest BCUT2D eigenvalue weighted by Gasteiger charge is 2.32. The van der Waals surface area contributed by atoms with Crippen molar-refractivity contribution in [3.05, 3.63) is 35.9 Å². The number of nitrogens with one attached hydrogen (secondary N) is 1. The van der Waals surface area contributed by atoms with E-state index in [0.717, 1.165) is 6.42 Å². The molecule has 1 aliphatic heterocycles. The lowest BCUT2D eigenvalue weighted by molar-refractivity contribution is 0.00143. The van der Waals surface area contributed by atoms with Gasteiger partial charge in [-0.15, -0.1) is 0 Å². The number of carbonyl (C=O) groups excluding carboxylic acids is 1. The second-order valence-electron chi connectivity index (χ2n) is 5.61. The van der Waals surface area contributed by atoms with Gasteiger partial charge in [-0.25, -0.2) is 4.79 Å². The maximum Gasteiger partial charge on any atom is 0.409 e. The molecule has 0 saturated carbocycles. The van der Waals surface area contributed by atoms with Crippen molar-refractivity contribution in [2.75, 3.05) is 26.8 Å². The molecule has 1 heterocycles. The van der Waals surface area contributed by atoms with Crippen LogP contribution in [0.25, 0.3) is 0 Å². The lowest BCUT2D eigenvalue weighted by Crippen LogP contribution is -2.55. The Morgan fingerprint density at radius 1 is 1.41 bits per heavy atom. The monoisotopic (exact) mass is 306 g/mol. The molecule has 3 unspecified atom stereocenters. The number of likely N-dealkylation sites (tertiary alicyclic amines) is 1. The third-order valence-electron chi connectivity index (χ3n) is 4.15. The Balaban J connectivity index is 1.93. The molecule has 3 atom stereocenters. The van der Waals surface area contributed by atoms with Gasteiger partial charge in [-0.1, -0.05) is 30.3 Å². The Labute approximate surface area is 132 Å². The van der Waals surface area contributed by atoms with Crippen LogP contribution in [-0.2, 0) is 9.47 Å². The van der Waals surface area contributed by atoms with E-state index < -0.39 is 0 Å². The average Bonchev–Trinajstić information content (AvgIpc) is 2.56. The van der Waals surface area contributed by atoms with Gasteiger partial charge in [-0.05, 0) is 25.8 Å². The number of nitrogens with zero attached hydrogens (tertiary/aromatic N) is 1. The summed E-state index contributed by atoms with van der Waals surface area (Å²) in [5, 5.41) is 3.62. The van der Waals surface area contributed by atoms with Crippen LogP contribution in [0.15, 0.2) is 30.3 Å². The summed E-state index contributed by atoms with van der Waals surface area (Å²) in [6.45, 7) is 5.63. The maximum atomic E-state index is 11.8. The molecular formula is C17H26N2O3. The standard InChI is InChI=1S/C17H26N2O3/c1-4-22-17(20)19-11-10-15(16(12-19)21-3)18-13(2)14-8-6-5-7-9-14/h5-9,13,15-16,18H,4,10-12H2,1-3H3. The molecule has 1 amide bonds. The summed E-state index contributed by atoms with van der Waals surface area (Å²) in [6.07, 6.45) is 0.581. The van der Waals surface area contributed by atoms with Gasteiger partial charge in [-0.3, -0.25) is 0 Å². The summed E-state index contributed by atoms with van der Waals surface area (Å²) in [5.41, 5.74) is 1.25. The molecular weight excluding hydrogens is 280 g/mol. The van der Waals surface area contributed by atoms with Crippen LogP contribution in [-0.4, -0.2) is 49.9 Å². The van der Waals surface area contributed by atoms with E-state index in [0.29, 0.717) is 19.7 Å². The molecule has 5 heteroatoms. The van der Waals surface area contributed by atoms with Gasteiger partial charge in [0.05, 0.1) is 19.3 Å². The fourth-order valence-corrected chi connectivity index (χ4v) is 2.89. The first-order valence-corrected chi connectivity index (χ1v) is 7.91. The zero-order valence-electron chi connectivity index (χ0n) is 13.6. The van der Waals surface area contributed by atoms with Gasteiger partial charge < -0.3 is 19.7 Å². The Hall–Kier alpha value is -1.59. The number of piperidine rings is 1. The first-order valence-electron chi connectivity index (χ1n) is 7.91. The Kier molecular flexibility index (Phi) is 6.21. The molecule has 1 aromatic rings. The van der Waals surface area contributed by atoms with Crippen LogP contribution in [0.1, 0.15) is 31.9 Å². The van der Waals surface area contributed by atoms with E-state index in [9.17, 15) is 4.79 Å². The molecule has 5 nitrogen and oxygen atoms in total. The molecule has 1 saturated heterocycles. The Morgan fingerprint density at radius 3 is 2.77 bits per heavy atom. The van der Waals surface area contributed by atoms with Crippen molar-refractivity contribution in [2.24, 2.45) is 0 Å². The summed E-state index contributed by atoms with van der Waals surface area (Å²) < 4.78 is 10.7. The number of hydrogen-bond donors (Lipinski definition) is 1. The minimum Gasteiger partial charge on any atom is -0.450 e. The lowest BCUT2D eigenvalue weighted by atomic mass is 9.99. The SMILES string of the molecule is CCOC(=O)N1CCC(NC(C)c2ccccc2)C(OC)C1. The zero-order chi connectivity index (χ0) is 15.9. The van der Waals surface area contributed by atoms with E-state index in [-0.39, 0.29) is 24.3 Å². The zero-order valence-corrected chi connectivity index (χ0v) is 13.6. The highest BCUT2D eigenvalue weighted by atomic mass is 16.6. The maximum absolute atomic E-state index is 11.8. The van der Waals surface area contributed by atoms with Gasteiger partial charge in [0.2, 0.25) is 0 Å². The van der Waals surface area contributed by atoms with Crippen molar-refractivity contribution < 1.29 is 14.3 Å². The second-order valence-corrected chi connectivity index (χ2v) is 5.61. The van der Waals surface area contributed by atoms with E-state index in [1.807, 2.05) is 25.1 Å². The largest absolute Gasteiger partial charge is 0.450 e. The summed E-state index contributed by atoms with van der Waals surface area (Å²) >= 11 is 0. The van der Waals surface area contributed by atoms with Crippen LogP contribution in [0.2, 0.25) is 0 Å². The van der Waals surface area contributed by atoms with Crippen molar-refractivity contribution in [3.8, 4) is 0 Å². The van der Waals surface area contributed by atoms with Gasteiger partial charge in [0.1, 0.15) is 0 Å². The van der Waals surface area contributed by atoms with Gasteiger partial charge >= 0.3 is 6.09 Å². The minimum absolute atomic E-state index is 0.0238. The van der Waals surface area contributed by atoms with Crippen molar-refractivity contribution in [2.45, 2.75) is 38.5 Å². The lowest BCUT2D eigenvalue weighted by Gasteiger charge is -2.38. The van der Waals surface area contributed by atoms with Gasteiger partial charge in [-0.2, -0.15) is 0 Å². The smallest absolute Gasteiger partial charge is 0.409 e. The second kappa shape index (κ2) is 8.15. The first kappa shape index (κ1) is 16.8. The topological polar surface area (TPSA) is 50.8 Å². The molecule has 1 aromatic carbocycles. The number of hydrogen-bond acceptors (Lipinski definition) is 4. The fraction of sp³-hybridized carbons (Fsp3) is 0.588. The molecule has 2 rings (SSSR count). The number of carbonyl (C=O) groups is 1. The predicted octanol–water partition coefficient (Wildman–Crippen LogP) is 2.58. The predicted molar refractivity (Wildman–Crippen MR) is 85.8 cm³/mol. The molecule has 22 heavy (non-hydrogen) atoms. The van der Waals surface area contributed by atoms with Gasteiger partial charge in [0, 0.05) is 25.7 Å². The van der Waals surface area contributed by atoms with Crippen molar-refractivity contribution >= 4 is 6.09 Å². The third-order valence-corrected chi connectivity index (χ3v) is 4.15. The molecule has 122 valence electrons. The first-order chi connectivity index (χ1) is 10.7. The summed E-state index contributed by atoms with van der Waals surface area (Å²) in [6, 6.07) is 10.8. The van der Waals surface area contributed by atoms with Crippen LogP contribution >= 0.6 is 0 Å². The van der Waals surface area contributed by atoms with Crippen molar-refractivity contribution in [3.63, 3.8) is 0 Å². The highest BCUT2D eigenvalue weighted by Crippen LogP contribution is 2.19. The van der Waals surface area contributed by atoms with Crippen LogP contribution in [0.4, 0.5) is 4.79 Å². The third kappa shape index (κ3) is 4.21. The van der Waals surface area contributed by atoms with E-state index in [1.54, 1.807) is 12.0 Å². The van der Waals surface area contributed by atoms with E-state index in [2.05, 4.69) is 24.4 Å². The number of ether oxygens (including phenoxy) is 2. The average molecular weight is 306 g/mol. The minimum atomic E-state index is -0.251.